The van der Waals surface area contributed by atoms with E-state index in [9.17, 15) is 4.79 Å². The summed E-state index contributed by atoms with van der Waals surface area (Å²) in [6, 6.07) is 9.72. The van der Waals surface area contributed by atoms with E-state index in [1.807, 2.05) is 37.3 Å². The number of benzene rings is 1. The average Bonchev–Trinajstić information content (AvgIpc) is 2.52. The van der Waals surface area contributed by atoms with E-state index >= 15 is 0 Å². The third kappa shape index (κ3) is 7.90. The lowest BCUT2D eigenvalue weighted by Crippen LogP contribution is -2.44. The van der Waals surface area contributed by atoms with Gasteiger partial charge < -0.3 is 9.16 Å². The van der Waals surface area contributed by atoms with E-state index in [0.717, 1.165) is 12.0 Å². The van der Waals surface area contributed by atoms with E-state index in [2.05, 4.69) is 45.7 Å². The molecule has 0 saturated carbocycles. The van der Waals surface area contributed by atoms with Crippen LogP contribution in [0.5, 0.6) is 0 Å². The Kier molecular flexibility index (Phi) is 8.41. The van der Waals surface area contributed by atoms with Gasteiger partial charge in [-0.15, -0.1) is 11.8 Å². The van der Waals surface area contributed by atoms with Gasteiger partial charge in [0.25, 0.3) is 0 Å². The molecular weight excluding hydrogens is 328 g/mol. The normalized spacial score (nSPS) is 12.9. The molecule has 1 aromatic rings. The summed E-state index contributed by atoms with van der Waals surface area (Å²) in [5, 5.41) is 0.0946. The molecule has 0 aromatic heterocycles. The first-order valence-electron chi connectivity index (χ1n) is 8.99. The summed E-state index contributed by atoms with van der Waals surface area (Å²) in [5.41, 5.74) is 0.989. The lowest BCUT2D eigenvalue weighted by Gasteiger charge is -2.38. The van der Waals surface area contributed by atoms with Gasteiger partial charge in [-0.05, 0) is 23.7 Å². The number of hydrogen-bond acceptors (Lipinski definition) is 3. The quantitative estimate of drug-likeness (QED) is 0.375. The molecule has 0 heterocycles. The van der Waals surface area contributed by atoms with Crippen LogP contribution in [0.15, 0.2) is 30.3 Å². The van der Waals surface area contributed by atoms with Gasteiger partial charge in [-0.1, -0.05) is 58.0 Å². The van der Waals surface area contributed by atoms with Gasteiger partial charge in [0.2, 0.25) is 0 Å². The van der Waals surface area contributed by atoms with Crippen molar-refractivity contribution >= 4 is 14.3 Å². The molecule has 0 fully saturated rings. The van der Waals surface area contributed by atoms with Gasteiger partial charge in [0.1, 0.15) is 6.61 Å². The van der Waals surface area contributed by atoms with Crippen LogP contribution in [0, 0.1) is 11.8 Å². The van der Waals surface area contributed by atoms with E-state index in [-0.39, 0.29) is 23.5 Å². The lowest BCUT2D eigenvalue weighted by molar-refractivity contribution is -0.146. The van der Waals surface area contributed by atoms with Crippen LogP contribution in [0.2, 0.25) is 18.1 Å². The van der Waals surface area contributed by atoms with E-state index in [1.165, 1.54) is 0 Å². The number of carbonyl (C=O) groups is 1. The van der Waals surface area contributed by atoms with Crippen molar-refractivity contribution in [3.05, 3.63) is 35.9 Å². The zero-order valence-electron chi connectivity index (χ0n) is 16.5. The van der Waals surface area contributed by atoms with E-state index in [4.69, 9.17) is 9.16 Å². The summed E-state index contributed by atoms with van der Waals surface area (Å²) in [6.07, 6.45) is 1.42. The molecule has 1 atom stereocenters. The summed E-state index contributed by atoms with van der Waals surface area (Å²) in [5.74, 6) is 5.96. The van der Waals surface area contributed by atoms with Crippen LogP contribution in [0.4, 0.5) is 0 Å². The molecule has 0 saturated heterocycles. The Labute approximate surface area is 154 Å². The largest absolute Gasteiger partial charge is 0.461 e. The fourth-order valence-electron chi connectivity index (χ4n) is 2.04. The summed E-state index contributed by atoms with van der Waals surface area (Å²) in [7, 11) is -1.96. The zero-order chi connectivity index (χ0) is 18.9. The van der Waals surface area contributed by atoms with Crippen LogP contribution in [0.25, 0.3) is 0 Å². The van der Waals surface area contributed by atoms with Gasteiger partial charge in [-0.3, -0.25) is 4.79 Å². The summed E-state index contributed by atoms with van der Waals surface area (Å²) in [4.78, 5) is 12.3. The third-order valence-electron chi connectivity index (χ3n) is 4.54. The molecule has 0 N–H and O–H groups in total. The third-order valence-corrected chi connectivity index (χ3v) is 9.07. The average molecular weight is 361 g/mol. The van der Waals surface area contributed by atoms with Crippen molar-refractivity contribution in [1.29, 1.82) is 0 Å². The second kappa shape index (κ2) is 9.79. The van der Waals surface area contributed by atoms with Crippen molar-refractivity contribution < 1.29 is 14.0 Å². The van der Waals surface area contributed by atoms with Crippen molar-refractivity contribution in [2.75, 3.05) is 0 Å². The second-order valence-electron chi connectivity index (χ2n) is 7.76. The van der Waals surface area contributed by atoms with Crippen LogP contribution < -0.4 is 0 Å². The van der Waals surface area contributed by atoms with Crippen molar-refractivity contribution in [1.82, 2.24) is 0 Å². The zero-order valence-corrected chi connectivity index (χ0v) is 17.5. The minimum atomic E-state index is -1.96. The lowest BCUT2D eigenvalue weighted by atomic mass is 10.2. The van der Waals surface area contributed by atoms with Crippen LogP contribution in [-0.4, -0.2) is 20.4 Å². The highest BCUT2D eigenvalue weighted by Crippen LogP contribution is 2.38. The Hall–Kier alpha value is -1.57. The highest BCUT2D eigenvalue weighted by Gasteiger charge is 2.39. The van der Waals surface area contributed by atoms with Gasteiger partial charge >= 0.3 is 5.97 Å². The molecule has 0 amide bonds. The van der Waals surface area contributed by atoms with Gasteiger partial charge in [-0.25, -0.2) is 0 Å². The topological polar surface area (TPSA) is 35.5 Å². The molecule has 25 heavy (non-hydrogen) atoms. The first-order chi connectivity index (χ1) is 11.7. The molecule has 1 aromatic carbocycles. The molecule has 138 valence electrons. The predicted octanol–water partition coefficient (Wildman–Crippen LogP) is 5.31. The standard InChI is InChI=1S/C21H32O3Si/c1-7-8-10-15-19(24-25(5,6)21(2,3)4)16-20(22)23-17-18-13-11-9-12-14-18/h9,11-14,19H,7,15-17H2,1-6H3/t19-/m0/s1. The monoisotopic (exact) mass is 360 g/mol. The van der Waals surface area contributed by atoms with E-state index < -0.39 is 8.32 Å². The Morgan fingerprint density at radius 3 is 2.36 bits per heavy atom. The molecule has 1 rings (SSSR count). The van der Waals surface area contributed by atoms with Gasteiger partial charge in [-0.2, -0.15) is 0 Å². The minimum absolute atomic E-state index is 0.0946. The van der Waals surface area contributed by atoms with Crippen LogP contribution in [0.1, 0.15) is 52.5 Å². The molecule has 0 aliphatic heterocycles. The molecule has 0 unspecified atom stereocenters. The molecule has 0 radical (unpaired) electrons. The maximum Gasteiger partial charge on any atom is 0.308 e. The highest BCUT2D eigenvalue weighted by molar-refractivity contribution is 6.74. The summed E-state index contributed by atoms with van der Waals surface area (Å²) in [6.45, 7) is 13.3. The maximum atomic E-state index is 12.3. The highest BCUT2D eigenvalue weighted by atomic mass is 28.4. The number of rotatable bonds is 7. The van der Waals surface area contributed by atoms with E-state index in [1.54, 1.807) is 0 Å². The summed E-state index contributed by atoms with van der Waals surface area (Å²) >= 11 is 0. The molecule has 0 spiro atoms. The molecule has 0 aliphatic carbocycles. The maximum absolute atomic E-state index is 12.3. The van der Waals surface area contributed by atoms with Gasteiger partial charge in [0.05, 0.1) is 12.5 Å². The predicted molar refractivity (Wildman–Crippen MR) is 106 cm³/mol. The summed E-state index contributed by atoms with van der Waals surface area (Å²) < 4.78 is 11.8. The molecule has 0 bridgehead atoms. The van der Waals surface area contributed by atoms with Crippen LogP contribution >= 0.6 is 0 Å². The molecule has 0 aliphatic rings. The number of hydrogen-bond donors (Lipinski definition) is 0. The fraction of sp³-hybridized carbons (Fsp3) is 0.571. The van der Waals surface area contributed by atoms with Crippen molar-refractivity contribution in [3.63, 3.8) is 0 Å². The Morgan fingerprint density at radius 2 is 1.80 bits per heavy atom. The number of carbonyl (C=O) groups excluding carboxylic acids is 1. The molecule has 3 nitrogen and oxygen atoms in total. The molecule has 4 heteroatoms. The SMILES string of the molecule is CCC#CC[C@@H](CC(=O)OCc1ccccc1)O[Si](C)(C)C(C)(C)C. The van der Waals surface area contributed by atoms with Gasteiger partial charge in [0.15, 0.2) is 8.32 Å². The van der Waals surface area contributed by atoms with Crippen molar-refractivity contribution in [2.45, 2.75) is 77.8 Å². The first-order valence-corrected chi connectivity index (χ1v) is 11.9. The first kappa shape index (κ1) is 21.5. The Balaban J connectivity index is 2.67. The Bertz CT molecular complexity index is 591. The van der Waals surface area contributed by atoms with E-state index in [0.29, 0.717) is 13.0 Å². The number of ether oxygens (including phenoxy) is 1. The van der Waals surface area contributed by atoms with Crippen LogP contribution in [-0.2, 0) is 20.6 Å². The van der Waals surface area contributed by atoms with Crippen LogP contribution in [0.3, 0.4) is 0 Å². The second-order valence-corrected chi connectivity index (χ2v) is 12.5. The van der Waals surface area contributed by atoms with Gasteiger partial charge in [0, 0.05) is 12.8 Å². The number of esters is 1. The Morgan fingerprint density at radius 1 is 1.16 bits per heavy atom. The molecular formula is C21H32O3Si. The fourth-order valence-corrected chi connectivity index (χ4v) is 3.40. The minimum Gasteiger partial charge on any atom is -0.461 e. The van der Waals surface area contributed by atoms with Crippen molar-refractivity contribution in [2.24, 2.45) is 0 Å². The van der Waals surface area contributed by atoms with Crippen molar-refractivity contribution in [3.8, 4) is 11.8 Å². The smallest absolute Gasteiger partial charge is 0.308 e.